The van der Waals surface area contributed by atoms with Crippen molar-refractivity contribution in [3.63, 3.8) is 0 Å². The molecule has 0 radical (unpaired) electrons. The van der Waals surface area contributed by atoms with Crippen LogP contribution < -0.4 is 0 Å². The zero-order chi connectivity index (χ0) is 14.8. The largest absolute Gasteiger partial charge is 0.392 e. The van der Waals surface area contributed by atoms with E-state index in [9.17, 15) is 0 Å². The van der Waals surface area contributed by atoms with Gasteiger partial charge in [0, 0.05) is 5.54 Å². The first kappa shape index (κ1) is 17.4. The summed E-state index contributed by atoms with van der Waals surface area (Å²) in [6.45, 7) is 7.20. The summed E-state index contributed by atoms with van der Waals surface area (Å²) in [4.78, 5) is 0. The summed E-state index contributed by atoms with van der Waals surface area (Å²) in [7, 11) is -2.13. The fraction of sp³-hybridized carbons (Fsp3) is 1.00. The quantitative estimate of drug-likeness (QED) is 0.695. The highest BCUT2D eigenvalue weighted by molar-refractivity contribution is 6.67. The van der Waals surface area contributed by atoms with Crippen LogP contribution in [-0.4, -0.2) is 61.4 Å². The fourth-order valence-corrected chi connectivity index (χ4v) is 6.04. The van der Waals surface area contributed by atoms with Crippen molar-refractivity contribution in [3.8, 4) is 0 Å². The number of ether oxygens (including phenoxy) is 3. The van der Waals surface area contributed by atoms with Crippen LogP contribution in [0, 0.1) is 0 Å². The highest BCUT2D eigenvalue weighted by Gasteiger charge is 2.41. The van der Waals surface area contributed by atoms with Crippen molar-refractivity contribution in [2.24, 2.45) is 0 Å². The van der Waals surface area contributed by atoms with Crippen LogP contribution in [0.5, 0.6) is 0 Å². The lowest BCUT2D eigenvalue weighted by atomic mass is 10.0. The minimum absolute atomic E-state index is 0.613. The Morgan fingerprint density at radius 1 is 0.619 bits per heavy atom. The molecule has 1 aliphatic heterocycles. The second-order valence-corrected chi connectivity index (χ2v) is 9.31. The topological polar surface area (TPSA) is 46.2 Å². The van der Waals surface area contributed by atoms with Gasteiger partial charge >= 0.3 is 8.56 Å². The zero-order valence-corrected chi connectivity index (χ0v) is 14.3. The summed E-state index contributed by atoms with van der Waals surface area (Å²) >= 11 is 0. The summed E-state index contributed by atoms with van der Waals surface area (Å²) in [5, 5.41) is 0. The summed E-state index contributed by atoms with van der Waals surface area (Å²) in [5.41, 5.74) is 0.613. The third-order valence-corrected chi connectivity index (χ3v) is 7.94. The maximum atomic E-state index is 6.21. The van der Waals surface area contributed by atoms with Crippen LogP contribution >= 0.6 is 0 Å². The molecule has 0 atom stereocenters. The van der Waals surface area contributed by atoms with E-state index in [1.165, 1.54) is 32.1 Å². The second kappa shape index (κ2) is 9.92. The Bertz CT molecular complexity index is 257. The van der Waals surface area contributed by atoms with Crippen LogP contribution in [0.3, 0.4) is 0 Å². The molecular weight excluding hydrogens is 288 g/mol. The lowest BCUT2D eigenvalue weighted by Gasteiger charge is -2.36. The molecule has 0 aromatic rings. The van der Waals surface area contributed by atoms with E-state index in [0.717, 1.165) is 0 Å². The molecule has 5 nitrogen and oxygen atoms in total. The van der Waals surface area contributed by atoms with Crippen LogP contribution in [0.15, 0.2) is 0 Å². The highest BCUT2D eigenvalue weighted by Crippen LogP contribution is 2.38. The Balaban J connectivity index is 1.85. The van der Waals surface area contributed by atoms with E-state index < -0.39 is 8.56 Å². The first-order valence-electron chi connectivity index (χ1n) is 8.32. The molecule has 2 fully saturated rings. The molecule has 1 heterocycles. The van der Waals surface area contributed by atoms with Gasteiger partial charge in [-0.05, 0) is 19.4 Å². The molecular formula is C15H30O5Si. The van der Waals surface area contributed by atoms with Gasteiger partial charge in [0.15, 0.2) is 0 Å². The smallest absolute Gasteiger partial charge is 0.338 e. The molecule has 0 unspecified atom stereocenters. The van der Waals surface area contributed by atoms with Crippen LogP contribution in [0.4, 0.5) is 0 Å². The summed E-state index contributed by atoms with van der Waals surface area (Å²) in [5.74, 6) is 0. The molecule has 2 rings (SSSR count). The predicted octanol–water partition coefficient (Wildman–Crippen LogP) is 2.49. The van der Waals surface area contributed by atoms with Crippen molar-refractivity contribution in [1.82, 2.24) is 0 Å². The second-order valence-electron chi connectivity index (χ2n) is 5.88. The molecule has 0 bridgehead atoms. The summed E-state index contributed by atoms with van der Waals surface area (Å²) in [6.07, 6.45) is 6.47. The minimum Gasteiger partial charge on any atom is -0.392 e. The first-order valence-corrected chi connectivity index (χ1v) is 10.7. The van der Waals surface area contributed by atoms with Crippen molar-refractivity contribution in [1.29, 1.82) is 0 Å². The van der Waals surface area contributed by atoms with Gasteiger partial charge in [-0.3, -0.25) is 0 Å². The molecule has 124 valence electrons. The highest BCUT2D eigenvalue weighted by atomic mass is 28.4. The molecule has 21 heavy (non-hydrogen) atoms. The number of rotatable bonds is 1. The molecule has 1 saturated heterocycles. The zero-order valence-electron chi connectivity index (χ0n) is 13.3. The average Bonchev–Trinajstić information content (AvgIpc) is 2.52. The third-order valence-electron chi connectivity index (χ3n) is 4.32. The summed E-state index contributed by atoms with van der Waals surface area (Å²) in [6, 6.07) is 0. The van der Waals surface area contributed by atoms with E-state index in [1.807, 2.05) is 0 Å². The summed E-state index contributed by atoms with van der Waals surface area (Å²) < 4.78 is 28.9. The molecule has 0 spiro atoms. The molecule has 0 amide bonds. The van der Waals surface area contributed by atoms with Crippen molar-refractivity contribution in [2.75, 3.05) is 52.9 Å². The molecule has 6 heteroatoms. The normalized spacial score (nSPS) is 27.9. The average molecular weight is 318 g/mol. The van der Waals surface area contributed by atoms with E-state index in [1.54, 1.807) is 0 Å². The maximum absolute atomic E-state index is 6.21. The van der Waals surface area contributed by atoms with Crippen LogP contribution in [0.25, 0.3) is 0 Å². The van der Waals surface area contributed by atoms with Crippen molar-refractivity contribution in [2.45, 2.75) is 44.2 Å². The predicted molar refractivity (Wildman–Crippen MR) is 82.8 cm³/mol. The van der Waals surface area contributed by atoms with E-state index >= 15 is 0 Å². The molecule has 0 aromatic heterocycles. The van der Waals surface area contributed by atoms with Gasteiger partial charge in [0.1, 0.15) is 0 Å². The van der Waals surface area contributed by atoms with Crippen LogP contribution in [0.2, 0.25) is 12.1 Å². The minimum atomic E-state index is -2.13. The Morgan fingerprint density at radius 3 is 1.52 bits per heavy atom. The lowest BCUT2D eigenvalue weighted by Crippen LogP contribution is -2.46. The molecule has 2 aliphatic rings. The Hall–Kier alpha value is 0.0169. The molecule has 0 N–H and O–H groups in total. The van der Waals surface area contributed by atoms with Gasteiger partial charge in [0.25, 0.3) is 0 Å². The van der Waals surface area contributed by atoms with E-state index in [2.05, 4.69) is 6.55 Å². The standard InChI is InChI=1S/C15H30O5Si/c1-21(15-5-3-2-4-6-15)19-13-11-17-9-7-16-8-10-18-12-14-20-21/h15H,2-14H2,1H3. The van der Waals surface area contributed by atoms with Crippen molar-refractivity contribution >= 4 is 8.56 Å². The van der Waals surface area contributed by atoms with Gasteiger partial charge in [-0.2, -0.15) is 0 Å². The van der Waals surface area contributed by atoms with Crippen LogP contribution in [-0.2, 0) is 23.1 Å². The molecule has 1 saturated carbocycles. The Kier molecular flexibility index (Phi) is 8.20. The third kappa shape index (κ3) is 6.34. The van der Waals surface area contributed by atoms with Crippen molar-refractivity contribution in [3.05, 3.63) is 0 Å². The van der Waals surface area contributed by atoms with Crippen LogP contribution in [0.1, 0.15) is 32.1 Å². The van der Waals surface area contributed by atoms with E-state index in [0.29, 0.717) is 58.4 Å². The lowest BCUT2D eigenvalue weighted by molar-refractivity contribution is -0.00871. The monoisotopic (exact) mass is 318 g/mol. The number of hydrogen-bond donors (Lipinski definition) is 0. The SMILES string of the molecule is C[Si]1(C2CCCCC2)OCCOCCOCCOCCO1. The molecule has 0 aromatic carbocycles. The Morgan fingerprint density at radius 2 is 1.05 bits per heavy atom. The van der Waals surface area contributed by atoms with E-state index in [-0.39, 0.29) is 0 Å². The number of hydrogen-bond acceptors (Lipinski definition) is 5. The van der Waals surface area contributed by atoms with Gasteiger partial charge in [-0.25, -0.2) is 0 Å². The van der Waals surface area contributed by atoms with Gasteiger partial charge in [-0.15, -0.1) is 0 Å². The van der Waals surface area contributed by atoms with Gasteiger partial charge in [-0.1, -0.05) is 19.3 Å². The van der Waals surface area contributed by atoms with E-state index in [4.69, 9.17) is 23.1 Å². The van der Waals surface area contributed by atoms with Crippen molar-refractivity contribution < 1.29 is 23.1 Å². The first-order chi connectivity index (χ1) is 10.3. The van der Waals surface area contributed by atoms with Gasteiger partial charge in [0.2, 0.25) is 0 Å². The Labute approximate surface area is 129 Å². The maximum Gasteiger partial charge on any atom is 0.338 e. The van der Waals surface area contributed by atoms with Gasteiger partial charge < -0.3 is 23.1 Å². The molecule has 1 aliphatic carbocycles. The van der Waals surface area contributed by atoms with Gasteiger partial charge in [0.05, 0.1) is 52.9 Å². The fourth-order valence-electron chi connectivity index (χ4n) is 3.05.